The second-order valence-electron chi connectivity index (χ2n) is 5.99. The van der Waals surface area contributed by atoms with E-state index in [2.05, 4.69) is 10.0 Å². The highest BCUT2D eigenvalue weighted by Crippen LogP contribution is 2.52. The van der Waals surface area contributed by atoms with Crippen molar-refractivity contribution in [3.8, 4) is 0 Å². The van der Waals surface area contributed by atoms with Gasteiger partial charge >= 0.3 is 6.09 Å². The highest BCUT2D eigenvalue weighted by molar-refractivity contribution is 5.83. The Labute approximate surface area is 133 Å². The Bertz CT molecular complexity index is 628. The molecule has 1 heterocycles. The first kappa shape index (κ1) is 15.4. The number of carbonyl (C=O) groups is 2. The van der Waals surface area contributed by atoms with E-state index in [0.29, 0.717) is 13.1 Å². The molecule has 7 nitrogen and oxygen atoms in total. The molecule has 1 saturated heterocycles. The molecule has 7 heteroatoms. The average Bonchev–Trinajstić information content (AvgIpc) is 3.29. The van der Waals surface area contributed by atoms with Crippen molar-refractivity contribution in [2.75, 3.05) is 13.1 Å². The molecule has 0 N–H and O–H groups in total. The lowest BCUT2D eigenvalue weighted by atomic mass is 10.2. The number of amides is 2. The summed E-state index contributed by atoms with van der Waals surface area (Å²) in [6.45, 7) is 1.42. The number of ether oxygens (including phenoxy) is 1. The van der Waals surface area contributed by atoms with Crippen molar-refractivity contribution in [2.24, 2.45) is 22.9 Å². The molecule has 2 aliphatic rings. The third kappa shape index (κ3) is 3.46. The first-order valence-electron chi connectivity index (χ1n) is 7.75. The molecule has 23 heavy (non-hydrogen) atoms. The Morgan fingerprint density at radius 3 is 2.48 bits per heavy atom. The molecule has 3 atom stereocenters. The molecule has 0 radical (unpaired) electrons. The van der Waals surface area contributed by atoms with Gasteiger partial charge in [-0.25, -0.2) is 4.79 Å². The molecule has 0 spiro atoms. The van der Waals surface area contributed by atoms with Crippen LogP contribution >= 0.6 is 0 Å². The van der Waals surface area contributed by atoms with Crippen LogP contribution in [0.2, 0.25) is 0 Å². The molecular weight excluding hydrogens is 296 g/mol. The minimum absolute atomic E-state index is 0.145. The van der Waals surface area contributed by atoms with Crippen molar-refractivity contribution in [3.05, 3.63) is 46.3 Å². The number of rotatable bonds is 3. The molecule has 2 fully saturated rings. The molecular formula is C16H18N4O3. The van der Waals surface area contributed by atoms with Crippen LogP contribution in [0.5, 0.6) is 0 Å². The lowest BCUT2D eigenvalue weighted by Gasteiger charge is -2.21. The summed E-state index contributed by atoms with van der Waals surface area (Å²) in [6.07, 6.45) is 1.19. The van der Waals surface area contributed by atoms with Gasteiger partial charge in [-0.2, -0.15) is 0 Å². The summed E-state index contributed by atoms with van der Waals surface area (Å²) in [7, 11) is 0. The van der Waals surface area contributed by atoms with E-state index in [-0.39, 0.29) is 36.4 Å². The van der Waals surface area contributed by atoms with Crippen molar-refractivity contribution in [2.45, 2.75) is 19.4 Å². The fraction of sp³-hybridized carbons (Fsp3) is 0.500. The number of likely N-dealkylation sites (tertiary alicyclic amines) is 1. The zero-order chi connectivity index (χ0) is 16.2. The quantitative estimate of drug-likeness (QED) is 0.487. The molecule has 1 aromatic carbocycles. The smallest absolute Gasteiger partial charge is 0.410 e. The molecule has 2 amide bonds. The topological polar surface area (TPSA) is 95.4 Å². The van der Waals surface area contributed by atoms with Gasteiger partial charge in [0.05, 0.1) is 0 Å². The van der Waals surface area contributed by atoms with Crippen LogP contribution < -0.4 is 0 Å². The maximum atomic E-state index is 12.1. The Morgan fingerprint density at radius 2 is 1.87 bits per heavy atom. The van der Waals surface area contributed by atoms with Gasteiger partial charge in [0.15, 0.2) is 0 Å². The van der Waals surface area contributed by atoms with Crippen LogP contribution in [-0.4, -0.2) is 30.0 Å². The van der Waals surface area contributed by atoms with E-state index in [4.69, 9.17) is 10.3 Å². The Morgan fingerprint density at radius 1 is 1.22 bits per heavy atom. The lowest BCUT2D eigenvalue weighted by molar-refractivity contribution is -0.119. The molecule has 1 saturated carbocycles. The van der Waals surface area contributed by atoms with Gasteiger partial charge in [0.25, 0.3) is 0 Å². The van der Waals surface area contributed by atoms with E-state index < -0.39 is 0 Å². The molecule has 1 aliphatic carbocycles. The summed E-state index contributed by atoms with van der Waals surface area (Å²) in [5.74, 6) is -0.0316. The molecule has 3 rings (SSSR count). The first-order valence-corrected chi connectivity index (χ1v) is 7.75. The van der Waals surface area contributed by atoms with Gasteiger partial charge in [0, 0.05) is 23.9 Å². The number of azide groups is 1. The summed E-state index contributed by atoms with van der Waals surface area (Å²) in [6, 6.07) is 9.56. The predicted molar refractivity (Wildman–Crippen MR) is 82.1 cm³/mol. The van der Waals surface area contributed by atoms with E-state index in [1.54, 1.807) is 4.90 Å². The summed E-state index contributed by atoms with van der Waals surface area (Å²) >= 11 is 0. The maximum absolute atomic E-state index is 12.1. The summed E-state index contributed by atoms with van der Waals surface area (Å²) < 4.78 is 5.34. The van der Waals surface area contributed by atoms with E-state index in [9.17, 15) is 9.59 Å². The highest BCUT2D eigenvalue weighted by atomic mass is 16.6. The lowest BCUT2D eigenvalue weighted by Crippen LogP contribution is -2.33. The maximum Gasteiger partial charge on any atom is 0.410 e. The normalized spacial score (nSPS) is 25.6. The average molecular weight is 314 g/mol. The van der Waals surface area contributed by atoms with E-state index in [0.717, 1.165) is 18.4 Å². The van der Waals surface area contributed by atoms with Gasteiger partial charge in [-0.3, -0.25) is 4.79 Å². The van der Waals surface area contributed by atoms with Crippen molar-refractivity contribution in [1.29, 1.82) is 0 Å². The Balaban J connectivity index is 1.48. The van der Waals surface area contributed by atoms with E-state index in [1.807, 2.05) is 30.3 Å². The number of carbonyl (C=O) groups excluding carboxylic acids is 2. The number of nitrogens with zero attached hydrogens (tertiary/aromatic N) is 4. The first-order chi connectivity index (χ1) is 11.2. The summed E-state index contributed by atoms with van der Waals surface area (Å²) in [5, 5.41) is 3.19. The van der Waals surface area contributed by atoms with Gasteiger partial charge in [-0.05, 0) is 40.9 Å². The minimum Gasteiger partial charge on any atom is -0.445 e. The van der Waals surface area contributed by atoms with Crippen LogP contribution in [0.3, 0.4) is 0 Å². The van der Waals surface area contributed by atoms with Crippen LogP contribution in [0.1, 0.15) is 18.4 Å². The fourth-order valence-corrected chi connectivity index (χ4v) is 3.42. The number of benzene rings is 1. The largest absolute Gasteiger partial charge is 0.445 e. The monoisotopic (exact) mass is 314 g/mol. The molecule has 120 valence electrons. The Hall–Kier alpha value is -2.53. The SMILES string of the molecule is [N-]=[N+]=NC(=O)[C@H]1[C@@H]2CCN(C(=O)OCc3ccccc3)CC[C@@H]21. The molecule has 1 aliphatic heterocycles. The van der Waals surface area contributed by atoms with E-state index in [1.165, 1.54) is 0 Å². The molecule has 0 bridgehead atoms. The molecule has 0 aromatic heterocycles. The van der Waals surface area contributed by atoms with Crippen molar-refractivity contribution in [3.63, 3.8) is 0 Å². The third-order valence-electron chi connectivity index (χ3n) is 4.69. The summed E-state index contributed by atoms with van der Waals surface area (Å²) in [4.78, 5) is 28.0. The van der Waals surface area contributed by atoms with Crippen molar-refractivity contribution >= 4 is 12.0 Å². The standard InChI is InChI=1S/C16H18N4O3/c17-19-18-15(21)14-12-6-8-20(9-7-13(12)14)16(22)23-10-11-4-2-1-3-5-11/h1-5,12-14H,6-10H2/t12-,13+,14+. The van der Waals surface area contributed by atoms with Crippen molar-refractivity contribution in [1.82, 2.24) is 4.90 Å². The van der Waals surface area contributed by atoms with Gasteiger partial charge < -0.3 is 9.64 Å². The van der Waals surface area contributed by atoms with E-state index >= 15 is 0 Å². The van der Waals surface area contributed by atoms with Crippen molar-refractivity contribution < 1.29 is 14.3 Å². The molecule has 1 aromatic rings. The van der Waals surface area contributed by atoms with Crippen LogP contribution in [0, 0.1) is 17.8 Å². The van der Waals surface area contributed by atoms with Crippen LogP contribution in [0.25, 0.3) is 10.4 Å². The van der Waals surface area contributed by atoms with Crippen LogP contribution in [0.4, 0.5) is 4.79 Å². The van der Waals surface area contributed by atoms with Crippen LogP contribution in [-0.2, 0) is 16.1 Å². The van der Waals surface area contributed by atoms with Crippen LogP contribution in [0.15, 0.2) is 35.4 Å². The predicted octanol–water partition coefficient (Wildman–Crippen LogP) is 3.12. The Kier molecular flexibility index (Phi) is 4.48. The zero-order valence-corrected chi connectivity index (χ0v) is 12.7. The van der Waals surface area contributed by atoms with Gasteiger partial charge in [0.2, 0.25) is 5.91 Å². The van der Waals surface area contributed by atoms with Gasteiger partial charge in [0.1, 0.15) is 6.61 Å². The number of hydrogen-bond acceptors (Lipinski definition) is 3. The van der Waals surface area contributed by atoms with Gasteiger partial charge in [-0.15, -0.1) is 0 Å². The van der Waals surface area contributed by atoms with Gasteiger partial charge in [-0.1, -0.05) is 30.3 Å². The molecule has 0 unspecified atom stereocenters. The fourth-order valence-electron chi connectivity index (χ4n) is 3.42. The summed E-state index contributed by atoms with van der Waals surface area (Å²) in [5.41, 5.74) is 9.30. The zero-order valence-electron chi connectivity index (χ0n) is 12.7. The highest BCUT2D eigenvalue weighted by Gasteiger charge is 2.54. The second kappa shape index (κ2) is 6.71. The number of fused-ring (bicyclic) bond motifs is 1. The number of hydrogen-bond donors (Lipinski definition) is 0. The second-order valence-corrected chi connectivity index (χ2v) is 5.99. The minimum atomic E-state index is -0.359. The third-order valence-corrected chi connectivity index (χ3v) is 4.69.